The van der Waals surface area contributed by atoms with Crippen molar-refractivity contribution in [2.24, 2.45) is 5.41 Å². The highest BCUT2D eigenvalue weighted by molar-refractivity contribution is 5.98. The summed E-state index contributed by atoms with van der Waals surface area (Å²) in [7, 11) is 1.01. The van der Waals surface area contributed by atoms with Gasteiger partial charge in [-0.25, -0.2) is 0 Å². The summed E-state index contributed by atoms with van der Waals surface area (Å²) in [5, 5.41) is 19.7. The maximum atomic E-state index is 13.9. The fourth-order valence-corrected chi connectivity index (χ4v) is 1.69. The second-order valence-corrected chi connectivity index (χ2v) is 4.31. The lowest BCUT2D eigenvalue weighted by atomic mass is 9.83. The largest absolute Gasteiger partial charge is 0.480 e. The molecule has 1 aromatic rings. The number of nitrogens with zero attached hydrogens (tertiary/aromatic N) is 1. The normalized spacial score (nSPS) is 13.3. The fraction of sp³-hybridized carbons (Fsp3) is 0.333. The van der Waals surface area contributed by atoms with Crippen molar-refractivity contribution >= 4 is 17.6 Å². The zero-order valence-corrected chi connectivity index (χ0v) is 10.8. The van der Waals surface area contributed by atoms with Gasteiger partial charge in [0.1, 0.15) is 0 Å². The van der Waals surface area contributed by atoms with Crippen molar-refractivity contribution in [3.05, 3.63) is 39.7 Å². The maximum absolute atomic E-state index is 13.9. The van der Waals surface area contributed by atoms with E-state index in [4.69, 9.17) is 5.11 Å². The number of aliphatic carboxylic acids is 1. The van der Waals surface area contributed by atoms with Crippen molar-refractivity contribution in [2.75, 3.05) is 7.11 Å². The molecule has 1 unspecified atom stereocenters. The molecule has 8 heteroatoms. The van der Waals surface area contributed by atoms with Crippen LogP contribution in [-0.4, -0.2) is 29.1 Å². The van der Waals surface area contributed by atoms with Crippen molar-refractivity contribution in [3.63, 3.8) is 0 Å². The highest BCUT2D eigenvalue weighted by Crippen LogP contribution is 2.29. The summed E-state index contributed by atoms with van der Waals surface area (Å²) < 4.78 is 18.3. The SMILES string of the molecule is COC(=O)C(C)(Cc1cccc([N+](=O)[O-])c1F)C(=O)O. The van der Waals surface area contributed by atoms with Crippen LogP contribution in [0.2, 0.25) is 0 Å². The lowest BCUT2D eigenvalue weighted by molar-refractivity contribution is -0.387. The lowest BCUT2D eigenvalue weighted by Gasteiger charge is -2.21. The summed E-state index contributed by atoms with van der Waals surface area (Å²) in [5.41, 5.74) is -3.04. The molecule has 0 saturated heterocycles. The summed E-state index contributed by atoms with van der Waals surface area (Å²) in [6.45, 7) is 1.07. The van der Waals surface area contributed by atoms with E-state index in [1.807, 2.05) is 0 Å². The van der Waals surface area contributed by atoms with Crippen molar-refractivity contribution in [3.8, 4) is 0 Å². The smallest absolute Gasteiger partial charge is 0.323 e. The summed E-state index contributed by atoms with van der Waals surface area (Å²) >= 11 is 0. The van der Waals surface area contributed by atoms with Gasteiger partial charge in [-0.15, -0.1) is 0 Å². The second kappa shape index (κ2) is 5.64. The van der Waals surface area contributed by atoms with Crippen LogP contribution in [0.15, 0.2) is 18.2 Å². The first-order chi connectivity index (χ1) is 9.24. The number of nitro benzene ring substituents is 1. The Kier molecular flexibility index (Phi) is 4.38. The van der Waals surface area contributed by atoms with Gasteiger partial charge in [-0.1, -0.05) is 12.1 Å². The minimum atomic E-state index is -2.02. The first-order valence-electron chi connectivity index (χ1n) is 5.47. The number of nitro groups is 1. The molecular weight excluding hydrogens is 273 g/mol. The molecule has 20 heavy (non-hydrogen) atoms. The summed E-state index contributed by atoms with van der Waals surface area (Å²) in [4.78, 5) is 32.4. The number of halogens is 1. The average molecular weight is 285 g/mol. The lowest BCUT2D eigenvalue weighted by Crippen LogP contribution is -2.39. The monoisotopic (exact) mass is 285 g/mol. The predicted octanol–water partition coefficient (Wildman–Crippen LogP) is 1.54. The predicted molar refractivity (Wildman–Crippen MR) is 64.5 cm³/mol. The van der Waals surface area contributed by atoms with E-state index in [1.54, 1.807) is 0 Å². The van der Waals surface area contributed by atoms with Crippen molar-refractivity contribution in [2.45, 2.75) is 13.3 Å². The molecule has 1 atom stereocenters. The molecule has 0 bridgehead atoms. The van der Waals surface area contributed by atoms with E-state index < -0.39 is 40.2 Å². The Bertz CT molecular complexity index is 573. The van der Waals surface area contributed by atoms with Crippen molar-refractivity contribution in [1.82, 2.24) is 0 Å². The molecule has 0 heterocycles. The first kappa shape index (κ1) is 15.5. The number of carbonyl (C=O) groups is 2. The Balaban J connectivity index is 3.26. The number of hydrogen-bond donors (Lipinski definition) is 1. The number of esters is 1. The molecule has 0 aliphatic rings. The maximum Gasteiger partial charge on any atom is 0.323 e. The van der Waals surface area contributed by atoms with Crippen LogP contribution in [0.1, 0.15) is 12.5 Å². The molecule has 0 aliphatic carbocycles. The van der Waals surface area contributed by atoms with Gasteiger partial charge in [-0.05, 0) is 12.5 Å². The number of rotatable bonds is 5. The third-order valence-corrected chi connectivity index (χ3v) is 2.91. The molecule has 0 amide bonds. The van der Waals surface area contributed by atoms with Crippen LogP contribution in [0.25, 0.3) is 0 Å². The third-order valence-electron chi connectivity index (χ3n) is 2.91. The fourth-order valence-electron chi connectivity index (χ4n) is 1.69. The Morgan fingerprint density at radius 1 is 1.50 bits per heavy atom. The van der Waals surface area contributed by atoms with Gasteiger partial charge >= 0.3 is 17.6 Å². The van der Waals surface area contributed by atoms with E-state index >= 15 is 0 Å². The second-order valence-electron chi connectivity index (χ2n) is 4.31. The molecule has 1 aromatic carbocycles. The van der Waals surface area contributed by atoms with Gasteiger partial charge in [-0.2, -0.15) is 4.39 Å². The molecule has 1 rings (SSSR count). The number of benzene rings is 1. The Morgan fingerprint density at radius 2 is 2.10 bits per heavy atom. The van der Waals surface area contributed by atoms with Crippen molar-refractivity contribution in [1.29, 1.82) is 0 Å². The van der Waals surface area contributed by atoms with Gasteiger partial charge in [0.2, 0.25) is 5.82 Å². The summed E-state index contributed by atoms with van der Waals surface area (Å²) in [6.07, 6.45) is -0.553. The van der Waals surface area contributed by atoms with E-state index in [0.29, 0.717) is 0 Å². The van der Waals surface area contributed by atoms with Gasteiger partial charge in [0, 0.05) is 12.5 Å². The molecule has 0 radical (unpaired) electrons. The minimum Gasteiger partial charge on any atom is -0.480 e. The van der Waals surface area contributed by atoms with E-state index in [1.165, 1.54) is 12.1 Å². The van der Waals surface area contributed by atoms with Gasteiger partial charge in [-0.3, -0.25) is 19.7 Å². The van der Waals surface area contributed by atoms with Crippen LogP contribution in [0.4, 0.5) is 10.1 Å². The van der Waals surface area contributed by atoms with Gasteiger partial charge < -0.3 is 9.84 Å². The highest BCUT2D eigenvalue weighted by atomic mass is 19.1. The first-order valence-corrected chi connectivity index (χ1v) is 5.47. The molecule has 0 aromatic heterocycles. The zero-order chi connectivity index (χ0) is 15.5. The molecule has 1 N–H and O–H groups in total. The Hall–Kier alpha value is -2.51. The van der Waals surface area contributed by atoms with Gasteiger partial charge in [0.25, 0.3) is 0 Å². The number of hydrogen-bond acceptors (Lipinski definition) is 5. The average Bonchev–Trinajstić information content (AvgIpc) is 2.39. The van der Waals surface area contributed by atoms with E-state index in [0.717, 1.165) is 20.1 Å². The summed E-state index contributed by atoms with van der Waals surface area (Å²) in [5.74, 6) is -3.72. The third kappa shape index (κ3) is 2.73. The number of carbonyl (C=O) groups excluding carboxylic acids is 1. The van der Waals surface area contributed by atoms with E-state index in [2.05, 4.69) is 4.74 Å². The van der Waals surface area contributed by atoms with E-state index in [9.17, 15) is 24.1 Å². The van der Waals surface area contributed by atoms with Crippen molar-refractivity contribution < 1.29 is 28.7 Å². The molecule has 0 saturated carbocycles. The molecule has 0 fully saturated rings. The number of carboxylic acid groups (broad SMARTS) is 1. The van der Waals surface area contributed by atoms with Gasteiger partial charge in [0.15, 0.2) is 5.41 Å². The Labute approximate surface area is 113 Å². The van der Waals surface area contributed by atoms with Crippen LogP contribution in [0.3, 0.4) is 0 Å². The molecule has 7 nitrogen and oxygen atoms in total. The van der Waals surface area contributed by atoms with E-state index in [-0.39, 0.29) is 5.56 Å². The number of ether oxygens (including phenoxy) is 1. The summed E-state index contributed by atoms with van der Waals surface area (Å²) in [6, 6.07) is 3.36. The standard InChI is InChI=1S/C12H12FNO6/c1-12(10(15)16,11(17)20-2)6-7-4-3-5-8(9(7)13)14(18)19/h3-5H,6H2,1-2H3,(H,15,16). The van der Waals surface area contributed by atoms with Crippen LogP contribution in [0, 0.1) is 21.3 Å². The van der Waals surface area contributed by atoms with Crippen LogP contribution >= 0.6 is 0 Å². The molecule has 0 spiro atoms. The van der Waals surface area contributed by atoms with Crippen LogP contribution < -0.4 is 0 Å². The molecular formula is C12H12FNO6. The molecule has 0 aliphatic heterocycles. The van der Waals surface area contributed by atoms with Crippen LogP contribution in [-0.2, 0) is 20.7 Å². The topological polar surface area (TPSA) is 107 Å². The minimum absolute atomic E-state index is 0.241. The molecule has 108 valence electrons. The zero-order valence-electron chi connectivity index (χ0n) is 10.8. The highest BCUT2D eigenvalue weighted by Gasteiger charge is 2.43. The van der Waals surface area contributed by atoms with Gasteiger partial charge in [0.05, 0.1) is 12.0 Å². The van der Waals surface area contributed by atoms with Crippen LogP contribution in [0.5, 0.6) is 0 Å². The number of carboxylic acids is 1. The number of methoxy groups -OCH3 is 1. The quantitative estimate of drug-likeness (QED) is 0.380. The Morgan fingerprint density at radius 3 is 2.55 bits per heavy atom.